The number of hydrogen-bond acceptors (Lipinski definition) is 3. The minimum Gasteiger partial charge on any atom is -0.378 e. The highest BCUT2D eigenvalue weighted by Crippen LogP contribution is 2.34. The van der Waals surface area contributed by atoms with E-state index in [1.54, 1.807) is 0 Å². The first-order chi connectivity index (χ1) is 8.22. The molecule has 0 unspecified atom stereocenters. The van der Waals surface area contributed by atoms with Gasteiger partial charge in [0.15, 0.2) is 0 Å². The van der Waals surface area contributed by atoms with Crippen LogP contribution < -0.4 is 10.6 Å². The van der Waals surface area contributed by atoms with Crippen LogP contribution in [0, 0.1) is 0 Å². The van der Waals surface area contributed by atoms with Crippen LogP contribution in [0.15, 0.2) is 30.0 Å². The second-order valence-electron chi connectivity index (χ2n) is 4.05. The fourth-order valence-corrected chi connectivity index (χ4v) is 2.85. The zero-order valence-corrected chi connectivity index (χ0v) is 10.8. The molecule has 1 aromatic rings. The maximum atomic E-state index is 10.4. The number of benzene rings is 1. The van der Waals surface area contributed by atoms with Crippen molar-refractivity contribution in [2.24, 2.45) is 0 Å². The van der Waals surface area contributed by atoms with Gasteiger partial charge in [0, 0.05) is 10.6 Å². The Hall–Kier alpha value is -1.42. The minimum absolute atomic E-state index is 0.0611. The first-order valence-corrected chi connectivity index (χ1v) is 6.58. The van der Waals surface area contributed by atoms with Gasteiger partial charge in [-0.05, 0) is 25.0 Å². The van der Waals surface area contributed by atoms with Gasteiger partial charge in [0.1, 0.15) is 0 Å². The van der Waals surface area contributed by atoms with Crippen LogP contribution >= 0.6 is 11.8 Å². The Balaban J connectivity index is 2.18. The fourth-order valence-electron chi connectivity index (χ4n) is 1.83. The summed E-state index contributed by atoms with van der Waals surface area (Å²) in [6.45, 7) is 4.07. The molecule has 1 aromatic carbocycles. The summed E-state index contributed by atoms with van der Waals surface area (Å²) >= 11 is 1.82. The molecule has 1 aliphatic rings. The number of rotatable bonds is 4. The molecule has 1 heterocycles. The van der Waals surface area contributed by atoms with Gasteiger partial charge in [-0.15, -0.1) is 11.8 Å². The number of hydrogen-bond donors (Lipinski definition) is 2. The van der Waals surface area contributed by atoms with Gasteiger partial charge in [-0.3, -0.25) is 4.79 Å². The summed E-state index contributed by atoms with van der Waals surface area (Å²) in [7, 11) is 0. The molecule has 0 radical (unpaired) electrons. The summed E-state index contributed by atoms with van der Waals surface area (Å²) < 4.78 is 0. The van der Waals surface area contributed by atoms with E-state index in [9.17, 15) is 4.79 Å². The Morgan fingerprint density at radius 3 is 2.65 bits per heavy atom. The average molecular weight is 248 g/mol. The standard InChI is InChI=1S/C13H16N2OS/c1-9(14-7-16)11-3-5-12(6-4-11)13-10(2)15-8-17-13/h3-7,9,15H,8H2,1-2H3,(H,14,16)/t9-/m0/s1. The van der Waals surface area contributed by atoms with E-state index >= 15 is 0 Å². The molecule has 0 aliphatic carbocycles. The van der Waals surface area contributed by atoms with Crippen molar-refractivity contribution in [1.29, 1.82) is 0 Å². The van der Waals surface area contributed by atoms with E-state index in [2.05, 4.69) is 41.8 Å². The predicted octanol–water partition coefficient (Wildman–Crippen LogP) is 2.48. The smallest absolute Gasteiger partial charge is 0.207 e. The van der Waals surface area contributed by atoms with Gasteiger partial charge in [-0.2, -0.15) is 0 Å². The molecule has 17 heavy (non-hydrogen) atoms. The maximum absolute atomic E-state index is 10.4. The predicted molar refractivity (Wildman–Crippen MR) is 72.2 cm³/mol. The second-order valence-corrected chi connectivity index (χ2v) is 5.03. The molecule has 4 heteroatoms. The van der Waals surface area contributed by atoms with Crippen molar-refractivity contribution < 1.29 is 4.79 Å². The lowest BCUT2D eigenvalue weighted by atomic mass is 10.1. The van der Waals surface area contributed by atoms with Gasteiger partial charge in [-0.1, -0.05) is 24.3 Å². The Morgan fingerprint density at radius 1 is 1.41 bits per heavy atom. The molecule has 90 valence electrons. The van der Waals surface area contributed by atoms with E-state index in [4.69, 9.17) is 0 Å². The van der Waals surface area contributed by atoms with Crippen molar-refractivity contribution in [1.82, 2.24) is 10.6 Å². The fraction of sp³-hybridized carbons (Fsp3) is 0.308. The highest BCUT2D eigenvalue weighted by atomic mass is 32.2. The largest absolute Gasteiger partial charge is 0.378 e. The number of thioether (sulfide) groups is 1. The van der Waals surface area contributed by atoms with E-state index in [-0.39, 0.29) is 6.04 Å². The normalized spacial score (nSPS) is 16.6. The van der Waals surface area contributed by atoms with E-state index in [1.165, 1.54) is 16.2 Å². The SMILES string of the molecule is CC1=C(c2ccc([C@H](C)NC=O)cc2)SCN1. The van der Waals surface area contributed by atoms with Gasteiger partial charge in [-0.25, -0.2) is 0 Å². The van der Waals surface area contributed by atoms with Crippen molar-refractivity contribution in [3.8, 4) is 0 Å². The molecule has 0 saturated carbocycles. The van der Waals surface area contributed by atoms with Crippen LogP contribution in [0.1, 0.15) is 31.0 Å². The quantitative estimate of drug-likeness (QED) is 0.804. The van der Waals surface area contributed by atoms with Crippen LogP contribution in [-0.4, -0.2) is 12.3 Å². The maximum Gasteiger partial charge on any atom is 0.207 e. The summed E-state index contributed by atoms with van der Waals surface area (Å²) in [5, 5.41) is 6.06. The van der Waals surface area contributed by atoms with Gasteiger partial charge >= 0.3 is 0 Å². The van der Waals surface area contributed by atoms with Crippen LogP contribution in [-0.2, 0) is 4.79 Å². The van der Waals surface area contributed by atoms with Gasteiger partial charge < -0.3 is 10.6 Å². The Kier molecular flexibility index (Phi) is 3.74. The van der Waals surface area contributed by atoms with Crippen molar-refractivity contribution >= 4 is 23.1 Å². The molecule has 1 amide bonds. The van der Waals surface area contributed by atoms with E-state index < -0.39 is 0 Å². The number of amides is 1. The third kappa shape index (κ3) is 2.64. The molecule has 1 aliphatic heterocycles. The third-order valence-corrected chi connectivity index (χ3v) is 4.00. The lowest BCUT2D eigenvalue weighted by Crippen LogP contribution is -2.15. The third-order valence-electron chi connectivity index (χ3n) is 2.89. The van der Waals surface area contributed by atoms with Crippen LogP contribution in [0.4, 0.5) is 0 Å². The van der Waals surface area contributed by atoms with Crippen LogP contribution in [0.25, 0.3) is 4.91 Å². The van der Waals surface area contributed by atoms with Crippen molar-refractivity contribution in [3.63, 3.8) is 0 Å². The van der Waals surface area contributed by atoms with Crippen LogP contribution in [0.2, 0.25) is 0 Å². The first kappa shape index (κ1) is 12.0. The molecule has 1 atom stereocenters. The molecule has 2 N–H and O–H groups in total. The lowest BCUT2D eigenvalue weighted by Gasteiger charge is -2.11. The number of nitrogens with one attached hydrogen (secondary N) is 2. The van der Waals surface area contributed by atoms with Crippen molar-refractivity contribution in [2.45, 2.75) is 19.9 Å². The number of allylic oxidation sites excluding steroid dienone is 1. The Morgan fingerprint density at radius 2 is 2.12 bits per heavy atom. The molecule has 2 rings (SSSR count). The van der Waals surface area contributed by atoms with Gasteiger partial charge in [0.05, 0.1) is 11.9 Å². The van der Waals surface area contributed by atoms with Gasteiger partial charge in [0.25, 0.3) is 0 Å². The summed E-state index contributed by atoms with van der Waals surface area (Å²) in [6, 6.07) is 8.41. The first-order valence-electron chi connectivity index (χ1n) is 5.60. The topological polar surface area (TPSA) is 41.1 Å². The molecule has 0 bridgehead atoms. The van der Waals surface area contributed by atoms with E-state index in [1.807, 2.05) is 18.7 Å². The highest BCUT2D eigenvalue weighted by molar-refractivity contribution is 8.08. The molecular weight excluding hydrogens is 232 g/mol. The van der Waals surface area contributed by atoms with E-state index in [0.717, 1.165) is 17.9 Å². The zero-order valence-electron chi connectivity index (χ0n) is 9.99. The zero-order chi connectivity index (χ0) is 12.3. The van der Waals surface area contributed by atoms with Crippen molar-refractivity contribution in [2.75, 3.05) is 5.88 Å². The van der Waals surface area contributed by atoms with Crippen LogP contribution in [0.3, 0.4) is 0 Å². The molecule has 0 aromatic heterocycles. The van der Waals surface area contributed by atoms with E-state index in [0.29, 0.717) is 0 Å². The monoisotopic (exact) mass is 248 g/mol. The molecule has 0 saturated heterocycles. The molecule has 3 nitrogen and oxygen atoms in total. The average Bonchev–Trinajstić information content (AvgIpc) is 2.76. The molecule has 0 spiro atoms. The number of carbonyl (C=O) groups excluding carboxylic acids is 1. The van der Waals surface area contributed by atoms with Crippen LogP contribution in [0.5, 0.6) is 0 Å². The summed E-state index contributed by atoms with van der Waals surface area (Å²) in [5.74, 6) is 0.950. The Bertz CT molecular complexity index is 439. The number of carbonyl (C=O) groups is 1. The highest BCUT2D eigenvalue weighted by Gasteiger charge is 2.13. The summed E-state index contributed by atoms with van der Waals surface area (Å²) in [6.07, 6.45) is 0.738. The minimum atomic E-state index is 0.0611. The Labute approximate surface area is 106 Å². The lowest BCUT2D eigenvalue weighted by molar-refractivity contribution is -0.110. The molecular formula is C13H16N2OS. The van der Waals surface area contributed by atoms with Crippen molar-refractivity contribution in [3.05, 3.63) is 41.1 Å². The summed E-state index contributed by atoms with van der Waals surface area (Å²) in [4.78, 5) is 11.7. The second kappa shape index (κ2) is 5.27. The summed E-state index contributed by atoms with van der Waals surface area (Å²) in [5.41, 5.74) is 3.59. The molecule has 0 fully saturated rings. The van der Waals surface area contributed by atoms with Gasteiger partial charge in [0.2, 0.25) is 6.41 Å².